The molecule has 0 saturated carbocycles. The molecule has 0 heterocycles. The minimum absolute atomic E-state index is 0.223. The van der Waals surface area contributed by atoms with Crippen LogP contribution in [0, 0.1) is 5.92 Å². The maximum atomic E-state index is 11.4. The van der Waals surface area contributed by atoms with E-state index in [0.717, 1.165) is 13.0 Å². The third-order valence-electron chi connectivity index (χ3n) is 2.20. The van der Waals surface area contributed by atoms with E-state index < -0.39 is 18.0 Å². The van der Waals surface area contributed by atoms with Crippen molar-refractivity contribution in [2.45, 2.75) is 32.7 Å². The van der Waals surface area contributed by atoms with Gasteiger partial charge in [-0.1, -0.05) is 13.8 Å². The first kappa shape index (κ1) is 15.7. The number of hydrogen-bond donors (Lipinski definition) is 4. The Morgan fingerprint density at radius 3 is 2.35 bits per heavy atom. The Morgan fingerprint density at radius 2 is 1.88 bits per heavy atom. The second-order valence-electron chi connectivity index (χ2n) is 4.38. The van der Waals surface area contributed by atoms with E-state index in [2.05, 4.69) is 16.0 Å². The van der Waals surface area contributed by atoms with Crippen LogP contribution in [-0.2, 0) is 4.79 Å². The number of nitrogens with one attached hydrogen (secondary N) is 3. The number of carbonyl (C=O) groups excluding carboxylic acids is 1. The van der Waals surface area contributed by atoms with Crippen LogP contribution in [0.2, 0.25) is 0 Å². The quantitative estimate of drug-likeness (QED) is 0.466. The van der Waals surface area contributed by atoms with Crippen molar-refractivity contribution in [1.82, 2.24) is 16.0 Å². The molecule has 0 radical (unpaired) electrons. The SMILES string of the molecule is CNCCCNC(=O)N[C@@H](CC(C)C)C(=O)O. The summed E-state index contributed by atoms with van der Waals surface area (Å²) in [6.45, 7) is 5.18. The number of aliphatic carboxylic acids is 1. The molecule has 0 saturated heterocycles. The standard InChI is InChI=1S/C11H23N3O3/c1-8(2)7-9(10(15)16)14-11(17)13-6-4-5-12-3/h8-9,12H,4-7H2,1-3H3,(H,15,16)(H2,13,14,17)/t9-/m0/s1. The van der Waals surface area contributed by atoms with Crippen LogP contribution in [0.5, 0.6) is 0 Å². The first-order valence-electron chi connectivity index (χ1n) is 5.89. The molecule has 2 amide bonds. The highest BCUT2D eigenvalue weighted by atomic mass is 16.4. The molecule has 0 fully saturated rings. The molecule has 4 N–H and O–H groups in total. The fourth-order valence-corrected chi connectivity index (χ4v) is 1.37. The van der Waals surface area contributed by atoms with Crippen molar-refractivity contribution in [3.63, 3.8) is 0 Å². The maximum Gasteiger partial charge on any atom is 0.326 e. The molecule has 100 valence electrons. The van der Waals surface area contributed by atoms with Crippen LogP contribution in [0.3, 0.4) is 0 Å². The van der Waals surface area contributed by atoms with Crippen LogP contribution >= 0.6 is 0 Å². The van der Waals surface area contributed by atoms with E-state index >= 15 is 0 Å². The van der Waals surface area contributed by atoms with E-state index in [1.54, 1.807) is 0 Å². The van der Waals surface area contributed by atoms with Crippen molar-refractivity contribution in [3.05, 3.63) is 0 Å². The molecule has 0 aromatic heterocycles. The summed E-state index contributed by atoms with van der Waals surface area (Å²) in [7, 11) is 1.84. The molecule has 0 aromatic carbocycles. The predicted molar refractivity (Wildman–Crippen MR) is 66.0 cm³/mol. The van der Waals surface area contributed by atoms with Crippen LogP contribution in [0.25, 0.3) is 0 Å². The minimum Gasteiger partial charge on any atom is -0.480 e. The van der Waals surface area contributed by atoms with Crippen LogP contribution in [-0.4, -0.2) is 43.3 Å². The highest BCUT2D eigenvalue weighted by Crippen LogP contribution is 2.04. The zero-order valence-electron chi connectivity index (χ0n) is 10.7. The molecule has 6 nitrogen and oxygen atoms in total. The molecule has 0 aliphatic heterocycles. The highest BCUT2D eigenvalue weighted by Gasteiger charge is 2.20. The Hall–Kier alpha value is -1.30. The van der Waals surface area contributed by atoms with Crippen molar-refractivity contribution < 1.29 is 14.7 Å². The van der Waals surface area contributed by atoms with Gasteiger partial charge in [-0.3, -0.25) is 0 Å². The van der Waals surface area contributed by atoms with Gasteiger partial charge in [0, 0.05) is 6.54 Å². The molecule has 0 aliphatic rings. The summed E-state index contributed by atoms with van der Waals surface area (Å²) >= 11 is 0. The number of urea groups is 1. The number of amides is 2. The highest BCUT2D eigenvalue weighted by molar-refractivity contribution is 5.82. The zero-order chi connectivity index (χ0) is 13.3. The molecule has 0 bridgehead atoms. The second kappa shape index (κ2) is 8.81. The van der Waals surface area contributed by atoms with Crippen LogP contribution in [0.4, 0.5) is 4.79 Å². The van der Waals surface area contributed by atoms with Gasteiger partial charge in [0.1, 0.15) is 6.04 Å². The second-order valence-corrected chi connectivity index (χ2v) is 4.38. The Labute approximate surface area is 102 Å². The average molecular weight is 245 g/mol. The van der Waals surface area contributed by atoms with E-state index in [-0.39, 0.29) is 5.92 Å². The molecule has 0 unspecified atom stereocenters. The van der Waals surface area contributed by atoms with Gasteiger partial charge in [0.2, 0.25) is 0 Å². The lowest BCUT2D eigenvalue weighted by atomic mass is 10.0. The third-order valence-corrected chi connectivity index (χ3v) is 2.20. The van der Waals surface area contributed by atoms with Crippen LogP contribution in [0.1, 0.15) is 26.7 Å². The molecule has 6 heteroatoms. The lowest BCUT2D eigenvalue weighted by molar-refractivity contribution is -0.139. The molecule has 1 atom stereocenters. The summed E-state index contributed by atoms with van der Waals surface area (Å²) < 4.78 is 0. The summed E-state index contributed by atoms with van der Waals surface area (Å²) in [5.41, 5.74) is 0. The predicted octanol–water partition coefficient (Wildman–Crippen LogP) is 0.394. The average Bonchev–Trinajstić information content (AvgIpc) is 2.22. The molecule has 0 spiro atoms. The molecule has 0 rings (SSSR count). The number of rotatable bonds is 8. The van der Waals surface area contributed by atoms with Crippen LogP contribution in [0.15, 0.2) is 0 Å². The van der Waals surface area contributed by atoms with Crippen LogP contribution < -0.4 is 16.0 Å². The van der Waals surface area contributed by atoms with E-state index in [0.29, 0.717) is 13.0 Å². The smallest absolute Gasteiger partial charge is 0.326 e. The number of carbonyl (C=O) groups is 2. The van der Waals surface area contributed by atoms with Gasteiger partial charge >= 0.3 is 12.0 Å². The number of carboxylic acids is 1. The molecule has 17 heavy (non-hydrogen) atoms. The van der Waals surface area contributed by atoms with Gasteiger partial charge in [0.15, 0.2) is 0 Å². The normalized spacial score (nSPS) is 12.2. The summed E-state index contributed by atoms with van der Waals surface area (Å²) in [5, 5.41) is 17.0. The maximum absolute atomic E-state index is 11.4. The van der Waals surface area contributed by atoms with Crippen molar-refractivity contribution in [3.8, 4) is 0 Å². The van der Waals surface area contributed by atoms with Gasteiger partial charge in [-0.25, -0.2) is 9.59 Å². The summed E-state index contributed by atoms with van der Waals surface area (Å²) in [5.74, 6) is -0.773. The Bertz CT molecular complexity index is 244. The first-order chi connectivity index (χ1) is 7.97. The largest absolute Gasteiger partial charge is 0.480 e. The van der Waals surface area contributed by atoms with E-state index in [1.165, 1.54) is 0 Å². The van der Waals surface area contributed by atoms with Crippen molar-refractivity contribution in [2.75, 3.05) is 20.1 Å². The number of carboxylic acid groups (broad SMARTS) is 1. The van der Waals surface area contributed by atoms with Gasteiger partial charge < -0.3 is 21.1 Å². The third kappa shape index (κ3) is 8.50. The monoisotopic (exact) mass is 245 g/mol. The van der Waals surface area contributed by atoms with Gasteiger partial charge in [-0.05, 0) is 32.4 Å². The van der Waals surface area contributed by atoms with Gasteiger partial charge in [-0.2, -0.15) is 0 Å². The Morgan fingerprint density at radius 1 is 1.24 bits per heavy atom. The molecule has 0 aliphatic carbocycles. The fraction of sp³-hybridized carbons (Fsp3) is 0.818. The first-order valence-corrected chi connectivity index (χ1v) is 5.89. The van der Waals surface area contributed by atoms with Crippen molar-refractivity contribution >= 4 is 12.0 Å². The van der Waals surface area contributed by atoms with Crippen molar-refractivity contribution in [2.24, 2.45) is 5.92 Å². The molecular formula is C11H23N3O3. The van der Waals surface area contributed by atoms with Crippen molar-refractivity contribution in [1.29, 1.82) is 0 Å². The summed E-state index contributed by atoms with van der Waals surface area (Å²) in [6, 6.07) is -1.24. The fourth-order valence-electron chi connectivity index (χ4n) is 1.37. The van der Waals surface area contributed by atoms with E-state index in [1.807, 2.05) is 20.9 Å². The minimum atomic E-state index is -0.996. The molecular weight excluding hydrogens is 222 g/mol. The lowest BCUT2D eigenvalue weighted by Crippen LogP contribution is -2.46. The van der Waals surface area contributed by atoms with E-state index in [9.17, 15) is 9.59 Å². The van der Waals surface area contributed by atoms with Gasteiger partial charge in [-0.15, -0.1) is 0 Å². The van der Waals surface area contributed by atoms with E-state index in [4.69, 9.17) is 5.11 Å². The number of hydrogen-bond acceptors (Lipinski definition) is 3. The zero-order valence-corrected chi connectivity index (χ0v) is 10.7. The summed E-state index contributed by atoms with van der Waals surface area (Å²) in [6.07, 6.45) is 1.24. The molecule has 0 aromatic rings. The topological polar surface area (TPSA) is 90.5 Å². The Balaban J connectivity index is 3.91. The summed E-state index contributed by atoms with van der Waals surface area (Å²) in [4.78, 5) is 22.3. The van der Waals surface area contributed by atoms with Gasteiger partial charge in [0.25, 0.3) is 0 Å². The Kier molecular flexibility index (Phi) is 8.13. The van der Waals surface area contributed by atoms with Gasteiger partial charge in [0.05, 0.1) is 0 Å². The lowest BCUT2D eigenvalue weighted by Gasteiger charge is -2.16.